The van der Waals surface area contributed by atoms with Crippen LogP contribution in [0.15, 0.2) is 127 Å². The fourth-order valence-corrected chi connectivity index (χ4v) is 3.54. The molecule has 0 unspecified atom stereocenters. The molecule has 0 amide bonds. The van der Waals surface area contributed by atoms with Gasteiger partial charge in [-0.05, 0) is 67.0 Å². The maximum absolute atomic E-state index is 12.0. The van der Waals surface area contributed by atoms with E-state index in [0.717, 1.165) is 28.2 Å². The van der Waals surface area contributed by atoms with Crippen molar-refractivity contribution >= 4 is 0 Å². The van der Waals surface area contributed by atoms with Gasteiger partial charge in [0.05, 0.1) is 0 Å². The molecular weight excluding hydrogens is 420 g/mol. The maximum Gasteiger partial charge on any atom is 0.140 e. The van der Waals surface area contributed by atoms with Crippen LogP contribution in [-0.2, 0) is 5.60 Å². The molecule has 0 aliphatic rings. The van der Waals surface area contributed by atoms with Gasteiger partial charge in [-0.15, -0.1) is 0 Å². The molecule has 3 aromatic carbocycles. The molecule has 0 radical (unpaired) electrons. The Kier molecular flexibility index (Phi) is 9.51. The van der Waals surface area contributed by atoms with Crippen molar-refractivity contribution in [2.75, 3.05) is 13.2 Å². The SMILES string of the molecule is CC=CC=CCOc1ccc(C(O)(c2ccccc2)c2ccc(OCC=CC=CC)cc2)cc1. The van der Waals surface area contributed by atoms with Crippen LogP contribution in [0.2, 0.25) is 0 Å². The molecule has 1 N–H and O–H groups in total. The van der Waals surface area contributed by atoms with Crippen LogP contribution in [0.4, 0.5) is 0 Å². The zero-order valence-corrected chi connectivity index (χ0v) is 19.8. The minimum Gasteiger partial charge on any atom is -0.490 e. The second-order valence-corrected chi connectivity index (χ2v) is 7.66. The molecule has 0 atom stereocenters. The number of hydrogen-bond acceptors (Lipinski definition) is 3. The summed E-state index contributed by atoms with van der Waals surface area (Å²) in [6.07, 6.45) is 15.7. The van der Waals surface area contributed by atoms with Crippen molar-refractivity contribution in [1.82, 2.24) is 0 Å². The third-order valence-corrected chi connectivity index (χ3v) is 5.31. The summed E-state index contributed by atoms with van der Waals surface area (Å²) < 4.78 is 11.6. The third-order valence-electron chi connectivity index (χ3n) is 5.31. The highest BCUT2D eigenvalue weighted by atomic mass is 16.5. The van der Waals surface area contributed by atoms with Gasteiger partial charge in [0.1, 0.15) is 30.3 Å². The van der Waals surface area contributed by atoms with E-state index in [1.54, 1.807) is 0 Å². The molecule has 0 saturated carbocycles. The van der Waals surface area contributed by atoms with E-state index in [0.29, 0.717) is 13.2 Å². The number of aliphatic hydroxyl groups is 1. The van der Waals surface area contributed by atoms with E-state index in [-0.39, 0.29) is 0 Å². The molecular formula is C31H32O3. The number of rotatable bonds is 11. The Bertz CT molecular complexity index is 1040. The molecule has 34 heavy (non-hydrogen) atoms. The van der Waals surface area contributed by atoms with E-state index >= 15 is 0 Å². The first-order valence-electron chi connectivity index (χ1n) is 11.5. The van der Waals surface area contributed by atoms with Crippen molar-refractivity contribution in [3.8, 4) is 11.5 Å². The molecule has 0 aromatic heterocycles. The lowest BCUT2D eigenvalue weighted by Crippen LogP contribution is -2.28. The highest BCUT2D eigenvalue weighted by Crippen LogP contribution is 2.37. The van der Waals surface area contributed by atoms with Crippen LogP contribution in [0.1, 0.15) is 30.5 Å². The quantitative estimate of drug-likeness (QED) is 0.252. The van der Waals surface area contributed by atoms with Gasteiger partial charge >= 0.3 is 0 Å². The second kappa shape index (κ2) is 13.0. The number of benzene rings is 3. The molecule has 3 aromatic rings. The molecule has 0 aliphatic heterocycles. The Morgan fingerprint density at radius 3 is 1.41 bits per heavy atom. The summed E-state index contributed by atoms with van der Waals surface area (Å²) >= 11 is 0. The molecule has 0 saturated heterocycles. The van der Waals surface area contributed by atoms with E-state index in [1.807, 2.05) is 141 Å². The summed E-state index contributed by atoms with van der Waals surface area (Å²) in [6, 6.07) is 24.9. The summed E-state index contributed by atoms with van der Waals surface area (Å²) in [7, 11) is 0. The van der Waals surface area contributed by atoms with Gasteiger partial charge in [-0.25, -0.2) is 0 Å². The fraction of sp³-hybridized carbons (Fsp3) is 0.161. The third kappa shape index (κ3) is 6.60. The summed E-state index contributed by atoms with van der Waals surface area (Å²) in [5.74, 6) is 1.50. The predicted octanol–water partition coefficient (Wildman–Crippen LogP) is 6.99. The average molecular weight is 453 g/mol. The molecule has 0 aliphatic carbocycles. The van der Waals surface area contributed by atoms with Crippen molar-refractivity contribution < 1.29 is 14.6 Å². The first-order chi connectivity index (χ1) is 16.7. The van der Waals surface area contributed by atoms with Crippen molar-refractivity contribution in [3.63, 3.8) is 0 Å². The van der Waals surface area contributed by atoms with Crippen LogP contribution in [0, 0.1) is 0 Å². The summed E-state index contributed by atoms with van der Waals surface area (Å²) in [5, 5.41) is 12.0. The molecule has 0 bridgehead atoms. The number of ether oxygens (including phenoxy) is 2. The molecule has 3 heteroatoms. The Balaban J connectivity index is 1.83. The Hall–Kier alpha value is -3.82. The van der Waals surface area contributed by atoms with E-state index in [4.69, 9.17) is 9.47 Å². The van der Waals surface area contributed by atoms with Crippen molar-refractivity contribution in [3.05, 3.63) is 144 Å². The highest BCUT2D eigenvalue weighted by molar-refractivity contribution is 5.49. The first-order valence-corrected chi connectivity index (χ1v) is 11.5. The zero-order chi connectivity index (χ0) is 24.1. The summed E-state index contributed by atoms with van der Waals surface area (Å²) in [5.41, 5.74) is 1.01. The molecule has 3 nitrogen and oxygen atoms in total. The summed E-state index contributed by atoms with van der Waals surface area (Å²) in [4.78, 5) is 0. The smallest absolute Gasteiger partial charge is 0.140 e. The van der Waals surface area contributed by atoms with Crippen LogP contribution in [0.25, 0.3) is 0 Å². The number of allylic oxidation sites excluding steroid dienone is 6. The van der Waals surface area contributed by atoms with Gasteiger partial charge in [-0.1, -0.05) is 91.1 Å². The topological polar surface area (TPSA) is 38.7 Å². The van der Waals surface area contributed by atoms with Crippen molar-refractivity contribution in [1.29, 1.82) is 0 Å². The Morgan fingerprint density at radius 2 is 1.00 bits per heavy atom. The van der Waals surface area contributed by atoms with Crippen LogP contribution in [-0.4, -0.2) is 18.3 Å². The van der Waals surface area contributed by atoms with Gasteiger partial charge in [0.15, 0.2) is 0 Å². The normalized spacial score (nSPS) is 13.7. The maximum atomic E-state index is 12.0. The Morgan fingerprint density at radius 1 is 0.588 bits per heavy atom. The van der Waals surface area contributed by atoms with Gasteiger partial charge in [0, 0.05) is 0 Å². The highest BCUT2D eigenvalue weighted by Gasteiger charge is 2.33. The van der Waals surface area contributed by atoms with Crippen LogP contribution < -0.4 is 9.47 Å². The monoisotopic (exact) mass is 452 g/mol. The van der Waals surface area contributed by atoms with Gasteiger partial charge in [-0.3, -0.25) is 0 Å². The van der Waals surface area contributed by atoms with Gasteiger partial charge in [-0.2, -0.15) is 0 Å². The second-order valence-electron chi connectivity index (χ2n) is 7.66. The molecule has 0 spiro atoms. The van der Waals surface area contributed by atoms with E-state index < -0.39 is 5.60 Å². The lowest BCUT2D eigenvalue weighted by molar-refractivity contribution is 0.125. The molecule has 0 fully saturated rings. The zero-order valence-electron chi connectivity index (χ0n) is 19.8. The Labute approximate surface area is 203 Å². The van der Waals surface area contributed by atoms with Crippen LogP contribution in [0.5, 0.6) is 11.5 Å². The minimum atomic E-state index is -1.31. The van der Waals surface area contributed by atoms with E-state index in [2.05, 4.69) is 0 Å². The molecule has 0 heterocycles. The largest absolute Gasteiger partial charge is 0.490 e. The average Bonchev–Trinajstić information content (AvgIpc) is 2.89. The van der Waals surface area contributed by atoms with Crippen molar-refractivity contribution in [2.45, 2.75) is 19.4 Å². The van der Waals surface area contributed by atoms with Gasteiger partial charge < -0.3 is 14.6 Å². The van der Waals surface area contributed by atoms with Gasteiger partial charge in [0.25, 0.3) is 0 Å². The lowest BCUT2D eigenvalue weighted by atomic mass is 9.80. The molecule has 3 rings (SSSR count). The summed E-state index contributed by atoms with van der Waals surface area (Å²) in [6.45, 7) is 4.92. The fourth-order valence-electron chi connectivity index (χ4n) is 3.54. The molecule has 174 valence electrons. The van der Waals surface area contributed by atoms with Gasteiger partial charge in [0.2, 0.25) is 0 Å². The van der Waals surface area contributed by atoms with Crippen LogP contribution in [0.3, 0.4) is 0 Å². The van der Waals surface area contributed by atoms with E-state index in [9.17, 15) is 5.11 Å². The van der Waals surface area contributed by atoms with E-state index in [1.165, 1.54) is 0 Å². The van der Waals surface area contributed by atoms with Crippen LogP contribution >= 0.6 is 0 Å². The lowest BCUT2D eigenvalue weighted by Gasteiger charge is -2.30. The standard InChI is InChI=1S/C31H32O3/c1-3-5-7-12-24-33-29-20-16-27(17-21-29)31(32,26-14-10-9-11-15-26)28-18-22-30(23-19-28)34-25-13-8-6-4-2/h3-23,32H,24-25H2,1-2H3. The minimum absolute atomic E-state index is 0.484. The first kappa shape index (κ1) is 24.8. The predicted molar refractivity (Wildman–Crippen MR) is 140 cm³/mol. The number of hydrogen-bond donors (Lipinski definition) is 1. The van der Waals surface area contributed by atoms with Crippen molar-refractivity contribution in [2.24, 2.45) is 0 Å².